The summed E-state index contributed by atoms with van der Waals surface area (Å²) >= 11 is 0. The van der Waals surface area contributed by atoms with Crippen LogP contribution in [0.1, 0.15) is 39.2 Å². The van der Waals surface area contributed by atoms with Crippen molar-refractivity contribution in [2.75, 3.05) is 39.8 Å². The average Bonchev–Trinajstić information content (AvgIpc) is 2.61. The highest BCUT2D eigenvalue weighted by atomic mass is 127. The molecule has 0 aromatic heterocycles. The van der Waals surface area contributed by atoms with E-state index in [-0.39, 0.29) is 24.0 Å². The summed E-state index contributed by atoms with van der Waals surface area (Å²) in [4.78, 5) is 6.75. The highest BCUT2D eigenvalue weighted by molar-refractivity contribution is 14.0. The van der Waals surface area contributed by atoms with Gasteiger partial charge in [0, 0.05) is 13.1 Å². The molecule has 1 aromatic carbocycles. The van der Waals surface area contributed by atoms with Gasteiger partial charge in [-0.25, -0.2) is 0 Å². The topological polar surface area (TPSA) is 48.9 Å². The third-order valence-corrected chi connectivity index (χ3v) is 4.27. The van der Waals surface area contributed by atoms with Crippen LogP contribution >= 0.6 is 24.0 Å². The van der Waals surface area contributed by atoms with Crippen LogP contribution in [0.15, 0.2) is 29.3 Å². The summed E-state index contributed by atoms with van der Waals surface area (Å²) in [7, 11) is 1.80. The molecule has 0 aliphatic rings. The minimum Gasteiger partial charge on any atom is -0.492 e. The molecule has 0 spiro atoms. The Morgan fingerprint density at radius 2 is 2.00 bits per heavy atom. The predicted molar refractivity (Wildman–Crippen MR) is 123 cm³/mol. The highest BCUT2D eigenvalue weighted by Crippen LogP contribution is 2.11. The van der Waals surface area contributed by atoms with Crippen molar-refractivity contribution >= 4 is 29.9 Å². The lowest BCUT2D eigenvalue weighted by Crippen LogP contribution is -2.43. The van der Waals surface area contributed by atoms with Crippen LogP contribution in [-0.2, 0) is 0 Å². The van der Waals surface area contributed by atoms with Gasteiger partial charge in [-0.3, -0.25) is 4.99 Å². The molecule has 0 amide bonds. The van der Waals surface area contributed by atoms with Crippen molar-refractivity contribution in [2.24, 2.45) is 4.99 Å². The minimum absolute atomic E-state index is 0. The Morgan fingerprint density at radius 1 is 1.27 bits per heavy atom. The SMILES string of the molecule is CCN(CC)CCCC(C)NC(=NC)NCCOc1cccc(C)c1.I. The van der Waals surface area contributed by atoms with Crippen molar-refractivity contribution in [2.45, 2.75) is 46.6 Å². The van der Waals surface area contributed by atoms with Gasteiger partial charge in [0.05, 0.1) is 6.54 Å². The minimum atomic E-state index is 0. The molecule has 26 heavy (non-hydrogen) atoms. The van der Waals surface area contributed by atoms with Gasteiger partial charge >= 0.3 is 0 Å². The molecule has 2 N–H and O–H groups in total. The second-order valence-corrected chi connectivity index (χ2v) is 6.38. The normalized spacial score (nSPS) is 12.5. The number of aliphatic imine (C=N–C) groups is 1. The molecule has 0 bridgehead atoms. The number of aryl methyl sites for hydroxylation is 1. The number of ether oxygens (including phenoxy) is 1. The Labute approximate surface area is 177 Å². The van der Waals surface area contributed by atoms with Crippen LogP contribution in [0.25, 0.3) is 0 Å². The number of rotatable bonds is 11. The molecule has 1 aromatic rings. The van der Waals surface area contributed by atoms with Crippen molar-refractivity contribution < 1.29 is 4.74 Å². The van der Waals surface area contributed by atoms with E-state index in [9.17, 15) is 0 Å². The molecule has 0 radical (unpaired) electrons. The maximum absolute atomic E-state index is 5.75. The number of hydrogen-bond donors (Lipinski definition) is 2. The standard InChI is InChI=1S/C20H36N4O.HI/c1-6-24(7-2)14-9-11-18(4)23-20(21-5)22-13-15-25-19-12-8-10-17(3)16-19;/h8,10,12,16,18H,6-7,9,11,13-15H2,1-5H3,(H2,21,22,23);1H. The van der Waals surface area contributed by atoms with Gasteiger partial charge in [0.1, 0.15) is 12.4 Å². The lowest BCUT2D eigenvalue weighted by atomic mass is 10.2. The van der Waals surface area contributed by atoms with E-state index in [4.69, 9.17) is 4.74 Å². The summed E-state index contributed by atoms with van der Waals surface area (Å²) < 4.78 is 5.75. The van der Waals surface area contributed by atoms with E-state index < -0.39 is 0 Å². The van der Waals surface area contributed by atoms with Gasteiger partial charge in [-0.2, -0.15) is 0 Å². The quantitative estimate of drug-likeness (QED) is 0.222. The summed E-state index contributed by atoms with van der Waals surface area (Å²) in [5.74, 6) is 1.75. The van der Waals surface area contributed by atoms with Gasteiger partial charge in [-0.15, -0.1) is 24.0 Å². The molecule has 0 fully saturated rings. The van der Waals surface area contributed by atoms with Crippen molar-refractivity contribution in [3.63, 3.8) is 0 Å². The van der Waals surface area contributed by atoms with Crippen molar-refractivity contribution in [3.8, 4) is 5.75 Å². The van der Waals surface area contributed by atoms with E-state index in [0.29, 0.717) is 12.6 Å². The summed E-state index contributed by atoms with van der Waals surface area (Å²) in [6.45, 7) is 13.5. The number of benzene rings is 1. The van der Waals surface area contributed by atoms with Gasteiger partial charge in [0.2, 0.25) is 0 Å². The number of guanidine groups is 1. The van der Waals surface area contributed by atoms with Crippen LogP contribution in [0, 0.1) is 6.92 Å². The third-order valence-electron chi connectivity index (χ3n) is 4.27. The summed E-state index contributed by atoms with van der Waals surface area (Å²) in [6.07, 6.45) is 2.33. The monoisotopic (exact) mass is 476 g/mol. The first-order valence-corrected chi connectivity index (χ1v) is 9.48. The van der Waals surface area contributed by atoms with Crippen LogP contribution in [-0.4, -0.2) is 56.7 Å². The first kappa shape index (κ1) is 25.0. The third kappa shape index (κ3) is 10.9. The number of hydrogen-bond acceptors (Lipinski definition) is 3. The van der Waals surface area contributed by atoms with Gasteiger partial charge in [-0.1, -0.05) is 26.0 Å². The van der Waals surface area contributed by atoms with E-state index in [2.05, 4.69) is 54.3 Å². The maximum Gasteiger partial charge on any atom is 0.191 e. The Kier molecular flexibility index (Phi) is 14.5. The van der Waals surface area contributed by atoms with Crippen LogP contribution in [0.5, 0.6) is 5.75 Å². The van der Waals surface area contributed by atoms with E-state index in [0.717, 1.165) is 44.3 Å². The summed E-state index contributed by atoms with van der Waals surface area (Å²) in [6, 6.07) is 8.51. The maximum atomic E-state index is 5.75. The summed E-state index contributed by atoms with van der Waals surface area (Å²) in [5, 5.41) is 6.76. The first-order valence-electron chi connectivity index (χ1n) is 9.48. The molecule has 0 saturated carbocycles. The lowest BCUT2D eigenvalue weighted by Gasteiger charge is -2.21. The van der Waals surface area contributed by atoms with E-state index in [1.54, 1.807) is 7.05 Å². The smallest absolute Gasteiger partial charge is 0.191 e. The molecule has 5 nitrogen and oxygen atoms in total. The molecule has 1 rings (SSSR count). The van der Waals surface area contributed by atoms with Crippen LogP contribution in [0.2, 0.25) is 0 Å². The fourth-order valence-corrected chi connectivity index (χ4v) is 2.70. The molecule has 6 heteroatoms. The number of nitrogens with zero attached hydrogens (tertiary/aromatic N) is 2. The molecule has 0 saturated heterocycles. The zero-order valence-electron chi connectivity index (χ0n) is 17.0. The molecule has 0 aliphatic carbocycles. The molecular weight excluding hydrogens is 439 g/mol. The van der Waals surface area contributed by atoms with Crippen molar-refractivity contribution in [1.82, 2.24) is 15.5 Å². The molecule has 0 heterocycles. The van der Waals surface area contributed by atoms with E-state index in [1.807, 2.05) is 18.2 Å². The van der Waals surface area contributed by atoms with Crippen LogP contribution < -0.4 is 15.4 Å². The average molecular weight is 476 g/mol. The second kappa shape index (κ2) is 15.1. The Balaban J connectivity index is 0.00000625. The van der Waals surface area contributed by atoms with Gasteiger partial charge in [-0.05, 0) is 64.0 Å². The summed E-state index contributed by atoms with van der Waals surface area (Å²) in [5.41, 5.74) is 1.21. The zero-order valence-corrected chi connectivity index (χ0v) is 19.4. The first-order chi connectivity index (χ1) is 12.1. The lowest BCUT2D eigenvalue weighted by molar-refractivity contribution is 0.292. The number of nitrogens with one attached hydrogen (secondary N) is 2. The molecule has 0 aliphatic heterocycles. The van der Waals surface area contributed by atoms with E-state index in [1.165, 1.54) is 12.0 Å². The fourth-order valence-electron chi connectivity index (χ4n) is 2.70. The van der Waals surface area contributed by atoms with Crippen molar-refractivity contribution in [3.05, 3.63) is 29.8 Å². The number of halogens is 1. The molecule has 1 atom stereocenters. The molecule has 1 unspecified atom stereocenters. The van der Waals surface area contributed by atoms with Gasteiger partial charge in [0.15, 0.2) is 5.96 Å². The van der Waals surface area contributed by atoms with Gasteiger partial charge < -0.3 is 20.3 Å². The van der Waals surface area contributed by atoms with E-state index >= 15 is 0 Å². The second-order valence-electron chi connectivity index (χ2n) is 6.38. The van der Waals surface area contributed by atoms with Gasteiger partial charge in [0.25, 0.3) is 0 Å². The molecular formula is C20H37IN4O. The van der Waals surface area contributed by atoms with Crippen molar-refractivity contribution in [1.29, 1.82) is 0 Å². The largest absolute Gasteiger partial charge is 0.492 e. The molecule has 150 valence electrons. The Hall–Kier alpha value is -1.02. The van der Waals surface area contributed by atoms with Crippen LogP contribution in [0.4, 0.5) is 0 Å². The predicted octanol–water partition coefficient (Wildman–Crippen LogP) is 3.67. The Bertz CT molecular complexity index is 506. The Morgan fingerprint density at radius 3 is 2.62 bits per heavy atom. The zero-order chi connectivity index (χ0) is 18.5. The highest BCUT2D eigenvalue weighted by Gasteiger charge is 2.06. The fraction of sp³-hybridized carbons (Fsp3) is 0.650. The van der Waals surface area contributed by atoms with Crippen LogP contribution in [0.3, 0.4) is 0 Å².